The molecule has 0 spiro atoms. The summed E-state index contributed by atoms with van der Waals surface area (Å²) in [5, 5.41) is 35.7. The fourth-order valence-corrected chi connectivity index (χ4v) is 5.74. The van der Waals surface area contributed by atoms with Crippen molar-refractivity contribution < 1.29 is 39.4 Å². The Morgan fingerprint density at radius 2 is 0.622 bits per heavy atom. The summed E-state index contributed by atoms with van der Waals surface area (Å²) in [6.07, 6.45) is 3.70. The van der Waals surface area contributed by atoms with Gasteiger partial charge in [0.1, 0.15) is 0 Å². The second-order valence-electron chi connectivity index (χ2n) is 8.47. The van der Waals surface area contributed by atoms with Crippen molar-refractivity contribution in [1.82, 2.24) is 0 Å². The molecule has 0 aromatic carbocycles. The molecule has 8 nitrogen and oxygen atoms in total. The lowest BCUT2D eigenvalue weighted by molar-refractivity contribution is -0.106. The van der Waals surface area contributed by atoms with Crippen molar-refractivity contribution in [2.75, 3.05) is 125 Å². The molecule has 4 N–H and O–H groups in total. The van der Waals surface area contributed by atoms with Gasteiger partial charge in [-0.15, -0.1) is 0 Å². The van der Waals surface area contributed by atoms with E-state index in [4.69, 9.17) is 39.4 Å². The molecule has 0 radical (unpaired) electrons. The van der Waals surface area contributed by atoms with Crippen molar-refractivity contribution in [3.05, 3.63) is 0 Å². The number of aliphatic hydroxyl groups excluding tert-OH is 4. The highest BCUT2D eigenvalue weighted by Gasteiger charge is 2.32. The number of aliphatic hydroxyl groups is 4. The second-order valence-corrected chi connectivity index (χ2v) is 13.4. The van der Waals surface area contributed by atoms with E-state index in [9.17, 15) is 0 Å². The van der Waals surface area contributed by atoms with E-state index in [1.807, 2.05) is 0 Å². The Bertz CT molecular complexity index is 364. The Hall–Kier alpha value is 1.08. The third kappa shape index (κ3) is 27.0. The molecule has 37 heavy (non-hydrogen) atoms. The summed E-state index contributed by atoms with van der Waals surface area (Å²) < 4.78 is 24.4. The lowest BCUT2D eigenvalue weighted by Crippen LogP contribution is -2.42. The van der Waals surface area contributed by atoms with Gasteiger partial charge < -0.3 is 39.4 Å². The van der Waals surface area contributed by atoms with Crippen LogP contribution < -0.4 is 0 Å². The fourth-order valence-electron chi connectivity index (χ4n) is 3.12. The molecule has 0 aromatic rings. The van der Waals surface area contributed by atoms with Gasteiger partial charge in [0.25, 0.3) is 0 Å². The van der Waals surface area contributed by atoms with E-state index in [1.165, 1.54) is 0 Å². The van der Waals surface area contributed by atoms with Gasteiger partial charge in [0.2, 0.25) is 0 Å². The van der Waals surface area contributed by atoms with Crippen molar-refractivity contribution in [3.8, 4) is 0 Å². The Kier molecular flexibility index (Phi) is 32.5. The van der Waals surface area contributed by atoms with Crippen molar-refractivity contribution >= 4 is 47.0 Å². The number of thioether (sulfide) groups is 4. The van der Waals surface area contributed by atoms with Gasteiger partial charge in [-0.25, -0.2) is 0 Å². The summed E-state index contributed by atoms with van der Waals surface area (Å²) in [5.74, 6) is 6.84. The van der Waals surface area contributed by atoms with Crippen LogP contribution in [0, 0.1) is 5.41 Å². The molecule has 224 valence electrons. The van der Waals surface area contributed by atoms with Crippen LogP contribution in [0.15, 0.2) is 0 Å². The Labute approximate surface area is 242 Å². The SMILES string of the molecule is OCCSCCCOCC(COCCCSCCO)(COCCCSCCO)COCCCSCCO. The van der Waals surface area contributed by atoms with E-state index in [-0.39, 0.29) is 26.4 Å². The van der Waals surface area contributed by atoms with Gasteiger partial charge in [0, 0.05) is 49.4 Å². The minimum atomic E-state index is -0.396. The summed E-state index contributed by atoms with van der Waals surface area (Å²) in [4.78, 5) is 0. The summed E-state index contributed by atoms with van der Waals surface area (Å²) in [7, 11) is 0. The lowest BCUT2D eigenvalue weighted by Gasteiger charge is -2.33. The minimum absolute atomic E-state index is 0.205. The highest BCUT2D eigenvalue weighted by molar-refractivity contribution is 7.99. The average molecular weight is 609 g/mol. The first kappa shape index (κ1) is 38.1. The minimum Gasteiger partial charge on any atom is -0.396 e. The van der Waals surface area contributed by atoms with E-state index in [1.54, 1.807) is 47.0 Å². The van der Waals surface area contributed by atoms with E-state index >= 15 is 0 Å². The van der Waals surface area contributed by atoms with Crippen LogP contribution in [0.1, 0.15) is 25.7 Å². The number of hydrogen-bond donors (Lipinski definition) is 4. The zero-order valence-corrected chi connectivity index (χ0v) is 25.8. The van der Waals surface area contributed by atoms with Gasteiger partial charge in [-0.3, -0.25) is 0 Å². The molecule has 0 saturated carbocycles. The molecule has 0 aliphatic rings. The fraction of sp³-hybridized carbons (Fsp3) is 1.00. The normalized spacial score (nSPS) is 12.0. The third-order valence-corrected chi connectivity index (χ3v) is 9.08. The van der Waals surface area contributed by atoms with Crippen molar-refractivity contribution in [3.63, 3.8) is 0 Å². The van der Waals surface area contributed by atoms with E-state index < -0.39 is 5.41 Å². The molecule has 0 fully saturated rings. The van der Waals surface area contributed by atoms with Gasteiger partial charge in [-0.1, -0.05) is 0 Å². The smallest absolute Gasteiger partial charge is 0.0637 e. The van der Waals surface area contributed by atoms with Crippen LogP contribution in [-0.2, 0) is 18.9 Å². The van der Waals surface area contributed by atoms with Crippen LogP contribution in [-0.4, -0.2) is 146 Å². The number of ether oxygens (including phenoxy) is 4. The van der Waals surface area contributed by atoms with Crippen molar-refractivity contribution in [1.29, 1.82) is 0 Å². The Morgan fingerprint density at radius 1 is 0.378 bits per heavy atom. The Balaban J connectivity index is 4.78. The number of rotatable bonds is 32. The highest BCUT2D eigenvalue weighted by Crippen LogP contribution is 2.22. The predicted molar refractivity (Wildman–Crippen MR) is 162 cm³/mol. The molecular formula is C25H52O8S4. The third-order valence-electron chi connectivity index (χ3n) is 4.88. The molecule has 0 aromatic heterocycles. The van der Waals surface area contributed by atoms with Gasteiger partial charge in [0.05, 0.1) is 58.3 Å². The zero-order chi connectivity index (χ0) is 27.1. The second kappa shape index (κ2) is 31.6. The maximum atomic E-state index is 8.93. The van der Waals surface area contributed by atoms with Gasteiger partial charge in [0.15, 0.2) is 0 Å². The Morgan fingerprint density at radius 3 is 0.838 bits per heavy atom. The molecule has 0 amide bonds. The summed E-state index contributed by atoms with van der Waals surface area (Å²) >= 11 is 6.92. The maximum absolute atomic E-state index is 8.93. The summed E-state index contributed by atoms with van der Waals surface area (Å²) in [6, 6.07) is 0. The topological polar surface area (TPSA) is 118 Å². The van der Waals surface area contributed by atoms with Crippen molar-refractivity contribution in [2.45, 2.75) is 25.7 Å². The molecule has 0 aliphatic heterocycles. The van der Waals surface area contributed by atoms with Crippen molar-refractivity contribution in [2.24, 2.45) is 5.41 Å². The van der Waals surface area contributed by atoms with Crippen LogP contribution in [0.2, 0.25) is 0 Å². The molecule has 0 heterocycles. The molecule has 0 atom stereocenters. The van der Waals surface area contributed by atoms with E-state index in [0.29, 0.717) is 52.9 Å². The first-order valence-corrected chi connectivity index (χ1v) is 17.9. The number of hydrogen-bond acceptors (Lipinski definition) is 12. The molecule has 0 rings (SSSR count). The van der Waals surface area contributed by atoms with Crippen LogP contribution in [0.3, 0.4) is 0 Å². The highest BCUT2D eigenvalue weighted by atomic mass is 32.2. The molecule has 0 aliphatic carbocycles. The van der Waals surface area contributed by atoms with Crippen LogP contribution in [0.5, 0.6) is 0 Å². The van der Waals surface area contributed by atoms with Crippen LogP contribution >= 0.6 is 47.0 Å². The van der Waals surface area contributed by atoms with Gasteiger partial charge in [-0.2, -0.15) is 47.0 Å². The van der Waals surface area contributed by atoms with Gasteiger partial charge >= 0.3 is 0 Å². The van der Waals surface area contributed by atoms with E-state index in [0.717, 1.165) is 71.7 Å². The molecular weight excluding hydrogens is 557 g/mol. The molecule has 0 bridgehead atoms. The van der Waals surface area contributed by atoms with Gasteiger partial charge in [-0.05, 0) is 48.7 Å². The average Bonchev–Trinajstić information content (AvgIpc) is 2.91. The largest absolute Gasteiger partial charge is 0.396 e. The monoisotopic (exact) mass is 608 g/mol. The molecule has 12 heteroatoms. The standard InChI is InChI=1S/C25H52O8S4/c26-5-17-34-13-1-9-30-21-25(22-31-10-2-14-35-18-6-27,23-32-11-3-15-36-19-7-28)24-33-12-4-16-37-20-8-29/h26-29H,1-24H2. The van der Waals surface area contributed by atoms with E-state index in [2.05, 4.69) is 0 Å². The molecule has 0 saturated heterocycles. The first-order chi connectivity index (χ1) is 18.2. The van der Waals surface area contributed by atoms with Crippen LogP contribution in [0.4, 0.5) is 0 Å². The molecule has 0 unspecified atom stereocenters. The first-order valence-electron chi connectivity index (χ1n) is 13.3. The predicted octanol–water partition coefficient (Wildman–Crippen LogP) is 2.50. The zero-order valence-electron chi connectivity index (χ0n) is 22.5. The lowest BCUT2D eigenvalue weighted by atomic mass is 9.92. The summed E-state index contributed by atoms with van der Waals surface area (Å²) in [5.41, 5.74) is -0.396. The quantitative estimate of drug-likeness (QED) is 0.0841. The maximum Gasteiger partial charge on any atom is 0.0637 e. The summed E-state index contributed by atoms with van der Waals surface area (Å²) in [6.45, 7) is 5.39. The van der Waals surface area contributed by atoms with Crippen LogP contribution in [0.25, 0.3) is 0 Å².